The molecule has 2 nitrogen and oxygen atoms in total. The number of carbonyl (C=O) groups excluding carboxylic acids is 1. The molecule has 0 bridgehead atoms. The lowest BCUT2D eigenvalue weighted by molar-refractivity contribution is -0.116. The highest BCUT2D eigenvalue weighted by Crippen LogP contribution is 2.38. The molecule has 0 spiro atoms. The van der Waals surface area contributed by atoms with Crippen molar-refractivity contribution in [1.29, 1.82) is 0 Å². The van der Waals surface area contributed by atoms with Crippen LogP contribution >= 0.6 is 22.9 Å². The molecule has 1 aromatic heterocycles. The number of benzene rings is 1. The van der Waals surface area contributed by atoms with Gasteiger partial charge >= 0.3 is 0 Å². The minimum absolute atomic E-state index is 0.120. The SMILES string of the molecule is COc1c(CC(C)=O)cccc1-c1ccc(Cl)s1. The largest absolute Gasteiger partial charge is 0.496 e. The zero-order chi connectivity index (χ0) is 13.1. The van der Waals surface area contributed by atoms with Crippen LogP contribution in [0, 0.1) is 0 Å². The molecule has 18 heavy (non-hydrogen) atoms. The van der Waals surface area contributed by atoms with Gasteiger partial charge in [-0.2, -0.15) is 0 Å². The van der Waals surface area contributed by atoms with E-state index < -0.39 is 0 Å². The second-order valence-corrected chi connectivity index (χ2v) is 5.70. The van der Waals surface area contributed by atoms with Gasteiger partial charge in [0.1, 0.15) is 11.5 Å². The van der Waals surface area contributed by atoms with E-state index in [4.69, 9.17) is 16.3 Å². The van der Waals surface area contributed by atoms with Crippen molar-refractivity contribution in [2.45, 2.75) is 13.3 Å². The van der Waals surface area contributed by atoms with Crippen LogP contribution < -0.4 is 4.74 Å². The average molecular weight is 281 g/mol. The Kier molecular flexibility index (Phi) is 4.04. The van der Waals surface area contributed by atoms with Crippen LogP contribution in [-0.2, 0) is 11.2 Å². The summed E-state index contributed by atoms with van der Waals surface area (Å²) in [5.41, 5.74) is 1.89. The number of hydrogen-bond donors (Lipinski definition) is 0. The Hall–Kier alpha value is -1.32. The van der Waals surface area contributed by atoms with Gasteiger partial charge in [0.25, 0.3) is 0 Å². The predicted octanol–water partition coefficient (Wildman–Crippen LogP) is 4.21. The second kappa shape index (κ2) is 5.55. The summed E-state index contributed by atoms with van der Waals surface area (Å²) in [5.74, 6) is 0.876. The molecule has 0 unspecified atom stereocenters. The minimum Gasteiger partial charge on any atom is -0.496 e. The zero-order valence-electron chi connectivity index (χ0n) is 10.2. The van der Waals surface area contributed by atoms with Crippen LogP contribution in [0.5, 0.6) is 5.75 Å². The first-order valence-corrected chi connectivity index (χ1v) is 6.72. The first kappa shape index (κ1) is 13.1. The van der Waals surface area contributed by atoms with Crippen molar-refractivity contribution in [3.8, 4) is 16.2 Å². The van der Waals surface area contributed by atoms with Gasteiger partial charge in [-0.15, -0.1) is 11.3 Å². The van der Waals surface area contributed by atoms with E-state index in [9.17, 15) is 4.79 Å². The molecule has 2 aromatic rings. The smallest absolute Gasteiger partial charge is 0.134 e. The Morgan fingerprint density at radius 1 is 1.33 bits per heavy atom. The molecular formula is C14H13ClO2S. The third kappa shape index (κ3) is 2.74. The van der Waals surface area contributed by atoms with E-state index in [1.165, 1.54) is 11.3 Å². The van der Waals surface area contributed by atoms with Gasteiger partial charge in [-0.25, -0.2) is 0 Å². The van der Waals surface area contributed by atoms with E-state index in [2.05, 4.69) is 0 Å². The molecule has 0 radical (unpaired) electrons. The molecule has 0 N–H and O–H groups in total. The lowest BCUT2D eigenvalue weighted by atomic mass is 10.0. The Bertz CT molecular complexity index is 575. The van der Waals surface area contributed by atoms with E-state index in [1.807, 2.05) is 30.3 Å². The van der Waals surface area contributed by atoms with Crippen LogP contribution in [-0.4, -0.2) is 12.9 Å². The molecular weight excluding hydrogens is 268 g/mol. The Morgan fingerprint density at radius 3 is 2.67 bits per heavy atom. The Labute approximate surface area is 115 Å². The number of ether oxygens (including phenoxy) is 1. The quantitative estimate of drug-likeness (QED) is 0.839. The molecule has 2 rings (SSSR count). The molecule has 0 amide bonds. The Balaban J connectivity index is 2.50. The van der Waals surface area contributed by atoms with Gasteiger partial charge in [0.15, 0.2) is 0 Å². The van der Waals surface area contributed by atoms with Gasteiger partial charge in [-0.05, 0) is 25.1 Å². The molecule has 0 aliphatic heterocycles. The summed E-state index contributed by atoms with van der Waals surface area (Å²) < 4.78 is 6.19. The van der Waals surface area contributed by atoms with Crippen LogP contribution in [0.25, 0.3) is 10.4 Å². The van der Waals surface area contributed by atoms with Gasteiger partial charge in [0.2, 0.25) is 0 Å². The van der Waals surface area contributed by atoms with E-state index in [0.29, 0.717) is 6.42 Å². The normalized spacial score (nSPS) is 10.4. The van der Waals surface area contributed by atoms with Gasteiger partial charge in [0.05, 0.1) is 11.4 Å². The van der Waals surface area contributed by atoms with Crippen molar-refractivity contribution < 1.29 is 9.53 Å². The summed E-state index contributed by atoms with van der Waals surface area (Å²) >= 11 is 7.45. The van der Waals surface area contributed by atoms with Crippen LogP contribution in [0.2, 0.25) is 4.34 Å². The highest BCUT2D eigenvalue weighted by Gasteiger charge is 2.13. The average Bonchev–Trinajstić information content (AvgIpc) is 2.74. The molecule has 0 aliphatic rings. The van der Waals surface area contributed by atoms with Crippen molar-refractivity contribution >= 4 is 28.7 Å². The molecule has 0 aliphatic carbocycles. The molecule has 0 saturated heterocycles. The third-order valence-electron chi connectivity index (χ3n) is 2.58. The van der Waals surface area contributed by atoms with Crippen LogP contribution in [0.1, 0.15) is 12.5 Å². The molecule has 0 fully saturated rings. The van der Waals surface area contributed by atoms with Gasteiger partial charge in [-0.1, -0.05) is 23.7 Å². The molecule has 0 saturated carbocycles. The third-order valence-corrected chi connectivity index (χ3v) is 3.84. The monoisotopic (exact) mass is 280 g/mol. The maximum absolute atomic E-state index is 11.3. The number of halogens is 1. The number of carbonyl (C=O) groups is 1. The summed E-state index contributed by atoms with van der Waals surface area (Å²) in [5, 5.41) is 0. The second-order valence-electron chi connectivity index (χ2n) is 3.98. The minimum atomic E-state index is 0.120. The fourth-order valence-corrected chi connectivity index (χ4v) is 2.95. The number of hydrogen-bond acceptors (Lipinski definition) is 3. The van der Waals surface area contributed by atoms with Crippen molar-refractivity contribution in [3.63, 3.8) is 0 Å². The molecule has 1 aromatic carbocycles. The number of ketones is 1. The van der Waals surface area contributed by atoms with Crippen molar-refractivity contribution in [2.24, 2.45) is 0 Å². The van der Waals surface area contributed by atoms with Crippen LogP contribution in [0.3, 0.4) is 0 Å². The molecule has 0 atom stereocenters. The predicted molar refractivity (Wildman–Crippen MR) is 75.7 cm³/mol. The number of methoxy groups -OCH3 is 1. The van der Waals surface area contributed by atoms with E-state index in [-0.39, 0.29) is 5.78 Å². The van der Waals surface area contributed by atoms with Crippen molar-refractivity contribution in [2.75, 3.05) is 7.11 Å². The van der Waals surface area contributed by atoms with Gasteiger partial charge < -0.3 is 4.74 Å². The first-order valence-electron chi connectivity index (χ1n) is 5.53. The first-order chi connectivity index (χ1) is 8.61. The fraction of sp³-hybridized carbons (Fsp3) is 0.214. The lowest BCUT2D eigenvalue weighted by Crippen LogP contribution is -2.00. The zero-order valence-corrected chi connectivity index (χ0v) is 11.8. The number of rotatable bonds is 4. The summed E-state index contributed by atoms with van der Waals surface area (Å²) in [4.78, 5) is 12.3. The number of para-hydroxylation sites is 1. The van der Waals surface area contributed by atoms with Crippen LogP contribution in [0.4, 0.5) is 0 Å². The summed E-state index contributed by atoms with van der Waals surface area (Å²) in [6, 6.07) is 9.65. The van der Waals surface area contributed by atoms with Crippen LogP contribution in [0.15, 0.2) is 30.3 Å². The fourth-order valence-electron chi connectivity index (χ4n) is 1.89. The lowest BCUT2D eigenvalue weighted by Gasteiger charge is -2.11. The molecule has 1 heterocycles. The van der Waals surface area contributed by atoms with Gasteiger partial charge in [0, 0.05) is 22.4 Å². The standard InChI is InChI=1S/C14H13ClO2S/c1-9(16)8-10-4-3-5-11(14(10)17-2)12-6-7-13(15)18-12/h3-7H,8H2,1-2H3. The molecule has 94 valence electrons. The topological polar surface area (TPSA) is 26.3 Å². The van der Waals surface area contributed by atoms with Crippen molar-refractivity contribution in [1.82, 2.24) is 0 Å². The van der Waals surface area contributed by atoms with E-state index in [1.54, 1.807) is 14.0 Å². The maximum Gasteiger partial charge on any atom is 0.134 e. The van der Waals surface area contributed by atoms with Crippen molar-refractivity contribution in [3.05, 3.63) is 40.2 Å². The van der Waals surface area contributed by atoms with E-state index in [0.717, 1.165) is 26.1 Å². The number of thiophene rings is 1. The van der Waals surface area contributed by atoms with E-state index >= 15 is 0 Å². The number of Topliss-reactive ketones (excluding diaryl/α,β-unsaturated/α-hetero) is 1. The summed E-state index contributed by atoms with van der Waals surface area (Å²) in [6.45, 7) is 1.58. The highest BCUT2D eigenvalue weighted by molar-refractivity contribution is 7.19. The highest BCUT2D eigenvalue weighted by atomic mass is 35.5. The summed E-state index contributed by atoms with van der Waals surface area (Å²) in [7, 11) is 1.62. The Morgan fingerprint density at radius 2 is 2.11 bits per heavy atom. The maximum atomic E-state index is 11.3. The molecule has 4 heteroatoms. The summed E-state index contributed by atoms with van der Waals surface area (Å²) in [6.07, 6.45) is 0.385. The van der Waals surface area contributed by atoms with Gasteiger partial charge in [-0.3, -0.25) is 4.79 Å².